The lowest BCUT2D eigenvalue weighted by Crippen LogP contribution is -2.49. The third kappa shape index (κ3) is 3.84. The summed E-state index contributed by atoms with van der Waals surface area (Å²) in [5.41, 5.74) is 0. The molecule has 5 nitrogen and oxygen atoms in total. The molecular formula is C16H24F2N4OS. The van der Waals surface area contributed by atoms with Crippen molar-refractivity contribution >= 4 is 22.4 Å². The van der Waals surface area contributed by atoms with E-state index < -0.39 is 5.92 Å². The van der Waals surface area contributed by atoms with E-state index in [4.69, 9.17) is 0 Å². The van der Waals surface area contributed by atoms with E-state index in [0.29, 0.717) is 12.5 Å². The van der Waals surface area contributed by atoms with Gasteiger partial charge in [0.1, 0.15) is 5.01 Å². The number of carbonyl (C=O) groups excluding carboxylic acids is 1. The van der Waals surface area contributed by atoms with Gasteiger partial charge in [0.15, 0.2) is 0 Å². The van der Waals surface area contributed by atoms with Gasteiger partial charge in [-0.25, -0.2) is 8.78 Å². The number of amides is 1. The van der Waals surface area contributed by atoms with E-state index in [1.807, 2.05) is 0 Å². The predicted molar refractivity (Wildman–Crippen MR) is 89.7 cm³/mol. The smallest absolute Gasteiger partial charge is 0.251 e. The normalized spacial score (nSPS) is 24.5. The Morgan fingerprint density at radius 1 is 1.25 bits per heavy atom. The fourth-order valence-electron chi connectivity index (χ4n) is 3.25. The molecule has 0 aliphatic carbocycles. The second kappa shape index (κ2) is 6.90. The average Bonchev–Trinajstić information content (AvgIpc) is 3.05. The van der Waals surface area contributed by atoms with Gasteiger partial charge in [0.25, 0.3) is 5.92 Å². The number of alkyl halides is 2. The molecule has 1 atom stereocenters. The third-order valence-electron chi connectivity index (χ3n) is 4.77. The standard InChI is InChI=1S/C16H24F2N4OS/c1-11(2)13-19-20-15(24-13)22-7-3-4-12(10-22)14(23)21-8-5-16(17,18)6-9-21/h11-12H,3-10H2,1-2H3. The lowest BCUT2D eigenvalue weighted by Gasteiger charge is -2.37. The van der Waals surface area contributed by atoms with Crippen LogP contribution in [0.5, 0.6) is 0 Å². The maximum atomic E-state index is 13.3. The van der Waals surface area contributed by atoms with Crippen LogP contribution in [0, 0.1) is 5.92 Å². The molecule has 3 rings (SSSR count). The summed E-state index contributed by atoms with van der Waals surface area (Å²) in [7, 11) is 0. The van der Waals surface area contributed by atoms with Crippen molar-refractivity contribution in [3.63, 3.8) is 0 Å². The van der Waals surface area contributed by atoms with E-state index in [0.717, 1.165) is 29.5 Å². The molecule has 0 aromatic carbocycles. The summed E-state index contributed by atoms with van der Waals surface area (Å²) in [6.45, 7) is 5.97. The van der Waals surface area contributed by atoms with Gasteiger partial charge < -0.3 is 9.80 Å². The third-order valence-corrected chi connectivity index (χ3v) is 6.06. The molecule has 0 spiro atoms. The van der Waals surface area contributed by atoms with Crippen LogP contribution < -0.4 is 4.90 Å². The maximum absolute atomic E-state index is 13.3. The molecule has 2 aliphatic rings. The van der Waals surface area contributed by atoms with Crippen LogP contribution in [0.2, 0.25) is 0 Å². The summed E-state index contributed by atoms with van der Waals surface area (Å²) in [5, 5.41) is 10.3. The minimum Gasteiger partial charge on any atom is -0.346 e. The molecule has 1 aromatic heterocycles. The van der Waals surface area contributed by atoms with Crippen molar-refractivity contribution in [3.8, 4) is 0 Å². The van der Waals surface area contributed by atoms with E-state index in [1.165, 1.54) is 0 Å². The number of anilines is 1. The van der Waals surface area contributed by atoms with Gasteiger partial charge in [0, 0.05) is 44.9 Å². The van der Waals surface area contributed by atoms with Crippen LogP contribution >= 0.6 is 11.3 Å². The Labute approximate surface area is 145 Å². The van der Waals surface area contributed by atoms with E-state index in [1.54, 1.807) is 16.2 Å². The molecule has 8 heteroatoms. The van der Waals surface area contributed by atoms with Gasteiger partial charge >= 0.3 is 0 Å². The highest BCUT2D eigenvalue weighted by Crippen LogP contribution is 2.32. The van der Waals surface area contributed by atoms with Crippen molar-refractivity contribution in [1.82, 2.24) is 15.1 Å². The zero-order valence-electron chi connectivity index (χ0n) is 14.2. The van der Waals surface area contributed by atoms with Crippen LogP contribution in [0.3, 0.4) is 0 Å². The molecular weight excluding hydrogens is 334 g/mol. The molecule has 2 fully saturated rings. The van der Waals surface area contributed by atoms with Crippen molar-refractivity contribution in [3.05, 3.63) is 5.01 Å². The lowest BCUT2D eigenvalue weighted by atomic mass is 9.95. The van der Waals surface area contributed by atoms with Crippen LogP contribution in [-0.2, 0) is 4.79 Å². The summed E-state index contributed by atoms with van der Waals surface area (Å²) >= 11 is 1.58. The van der Waals surface area contributed by atoms with Crippen molar-refractivity contribution in [2.45, 2.75) is 51.4 Å². The number of hydrogen-bond donors (Lipinski definition) is 0. The minimum atomic E-state index is -2.62. The Kier molecular flexibility index (Phi) is 5.03. The lowest BCUT2D eigenvalue weighted by molar-refractivity contribution is -0.141. The molecule has 2 saturated heterocycles. The van der Waals surface area contributed by atoms with E-state index >= 15 is 0 Å². The highest BCUT2D eigenvalue weighted by Gasteiger charge is 2.38. The first kappa shape index (κ1) is 17.5. The number of hydrogen-bond acceptors (Lipinski definition) is 5. The van der Waals surface area contributed by atoms with Gasteiger partial charge in [-0.3, -0.25) is 4.79 Å². The van der Waals surface area contributed by atoms with Gasteiger partial charge in [-0.15, -0.1) is 10.2 Å². The van der Waals surface area contributed by atoms with Gasteiger partial charge in [0.2, 0.25) is 11.0 Å². The molecule has 0 bridgehead atoms. The molecule has 24 heavy (non-hydrogen) atoms. The van der Waals surface area contributed by atoms with E-state index in [2.05, 4.69) is 28.9 Å². The number of piperidine rings is 2. The first-order valence-electron chi connectivity index (χ1n) is 8.61. The summed E-state index contributed by atoms with van der Waals surface area (Å²) < 4.78 is 26.5. The number of nitrogens with zero attached hydrogens (tertiary/aromatic N) is 4. The first-order chi connectivity index (χ1) is 11.4. The van der Waals surface area contributed by atoms with Crippen LogP contribution in [-0.4, -0.2) is 53.1 Å². The SMILES string of the molecule is CC(C)c1nnc(N2CCCC(C(=O)N3CCC(F)(F)CC3)C2)s1. The Balaban J connectivity index is 1.61. The zero-order chi connectivity index (χ0) is 17.3. The number of likely N-dealkylation sites (tertiary alicyclic amines) is 1. The Morgan fingerprint density at radius 2 is 1.96 bits per heavy atom. The summed E-state index contributed by atoms with van der Waals surface area (Å²) in [6, 6.07) is 0. The second-order valence-corrected chi connectivity index (χ2v) is 8.03. The molecule has 1 amide bonds. The highest BCUT2D eigenvalue weighted by molar-refractivity contribution is 7.15. The molecule has 0 N–H and O–H groups in total. The van der Waals surface area contributed by atoms with Gasteiger partial charge in [-0.05, 0) is 12.8 Å². The minimum absolute atomic E-state index is 0.0174. The first-order valence-corrected chi connectivity index (χ1v) is 9.42. The largest absolute Gasteiger partial charge is 0.346 e. The molecule has 2 aliphatic heterocycles. The quantitative estimate of drug-likeness (QED) is 0.833. The van der Waals surface area contributed by atoms with Crippen molar-refractivity contribution in [2.75, 3.05) is 31.1 Å². The fraction of sp³-hybridized carbons (Fsp3) is 0.812. The number of rotatable bonds is 3. The monoisotopic (exact) mass is 358 g/mol. The number of carbonyl (C=O) groups is 1. The van der Waals surface area contributed by atoms with Crippen LogP contribution in [0.1, 0.15) is 50.5 Å². The van der Waals surface area contributed by atoms with Crippen molar-refractivity contribution in [1.29, 1.82) is 0 Å². The Bertz CT molecular complexity index is 582. The summed E-state index contributed by atoms with van der Waals surface area (Å²) in [5.74, 6) is -2.39. The van der Waals surface area contributed by atoms with Gasteiger partial charge in [-0.2, -0.15) is 0 Å². The van der Waals surface area contributed by atoms with Crippen LogP contribution in [0.15, 0.2) is 0 Å². The second-order valence-electron chi connectivity index (χ2n) is 7.04. The molecule has 0 radical (unpaired) electrons. The molecule has 1 unspecified atom stereocenters. The topological polar surface area (TPSA) is 49.3 Å². The van der Waals surface area contributed by atoms with Crippen LogP contribution in [0.4, 0.5) is 13.9 Å². The highest BCUT2D eigenvalue weighted by atomic mass is 32.1. The van der Waals surface area contributed by atoms with Gasteiger partial charge in [-0.1, -0.05) is 25.2 Å². The maximum Gasteiger partial charge on any atom is 0.251 e. The van der Waals surface area contributed by atoms with E-state index in [9.17, 15) is 13.6 Å². The summed E-state index contributed by atoms with van der Waals surface area (Å²) in [4.78, 5) is 16.4. The Morgan fingerprint density at radius 3 is 2.58 bits per heavy atom. The zero-order valence-corrected chi connectivity index (χ0v) is 15.0. The average molecular weight is 358 g/mol. The molecule has 0 saturated carbocycles. The molecule has 134 valence electrons. The fourth-order valence-corrected chi connectivity index (χ4v) is 4.13. The summed E-state index contributed by atoms with van der Waals surface area (Å²) in [6.07, 6.45) is 1.29. The van der Waals surface area contributed by atoms with Gasteiger partial charge in [0.05, 0.1) is 5.92 Å². The van der Waals surface area contributed by atoms with Crippen molar-refractivity contribution in [2.24, 2.45) is 5.92 Å². The predicted octanol–water partition coefficient (Wildman–Crippen LogP) is 3.14. The number of aromatic nitrogens is 2. The molecule has 3 heterocycles. The Hall–Kier alpha value is -1.31. The number of halogens is 2. The van der Waals surface area contributed by atoms with Crippen LogP contribution in [0.25, 0.3) is 0 Å². The van der Waals surface area contributed by atoms with E-state index in [-0.39, 0.29) is 37.8 Å². The molecule has 1 aromatic rings. The van der Waals surface area contributed by atoms with Crippen molar-refractivity contribution < 1.29 is 13.6 Å².